The first-order valence-corrected chi connectivity index (χ1v) is 7.64. The lowest BCUT2D eigenvalue weighted by molar-refractivity contribution is 0.0788. The van der Waals surface area contributed by atoms with Crippen molar-refractivity contribution >= 4 is 11.7 Å². The second-order valence-corrected chi connectivity index (χ2v) is 5.56. The Kier molecular flexibility index (Phi) is 3.29. The molecule has 2 aliphatic heterocycles. The summed E-state index contributed by atoms with van der Waals surface area (Å²) in [7, 11) is 0. The van der Waals surface area contributed by atoms with Gasteiger partial charge >= 0.3 is 0 Å². The van der Waals surface area contributed by atoms with Gasteiger partial charge in [-0.3, -0.25) is 4.79 Å². The van der Waals surface area contributed by atoms with Gasteiger partial charge in [-0.1, -0.05) is 5.21 Å². The number of hydrogen-bond acceptors (Lipinski definition) is 6. The molecule has 1 aromatic carbocycles. The minimum absolute atomic E-state index is 0.163. The Balaban J connectivity index is 1.66. The average Bonchev–Trinajstić information content (AvgIpc) is 3.24. The highest BCUT2D eigenvalue weighted by molar-refractivity contribution is 5.96. The number of carbonyl (C=O) groups excluding carboxylic acids is 1. The average molecular weight is 315 g/mol. The summed E-state index contributed by atoms with van der Waals surface area (Å²) < 4.78 is 12.5. The summed E-state index contributed by atoms with van der Waals surface area (Å²) in [5, 5.41) is 8.00. The maximum atomic E-state index is 12.4. The zero-order chi connectivity index (χ0) is 15.8. The fourth-order valence-electron chi connectivity index (χ4n) is 2.87. The molecule has 0 radical (unpaired) electrons. The van der Waals surface area contributed by atoms with Crippen molar-refractivity contribution < 1.29 is 14.3 Å². The zero-order valence-corrected chi connectivity index (χ0v) is 12.6. The van der Waals surface area contributed by atoms with Gasteiger partial charge in [0.2, 0.25) is 0 Å². The molecule has 23 heavy (non-hydrogen) atoms. The molecule has 0 aliphatic carbocycles. The van der Waals surface area contributed by atoms with Crippen molar-refractivity contribution in [2.45, 2.75) is 12.8 Å². The highest BCUT2D eigenvalue weighted by atomic mass is 16.6. The van der Waals surface area contributed by atoms with E-state index in [0.29, 0.717) is 30.4 Å². The summed E-state index contributed by atoms with van der Waals surface area (Å²) in [6, 6.07) is 5.39. The van der Waals surface area contributed by atoms with Gasteiger partial charge in [0.1, 0.15) is 13.2 Å². The third kappa shape index (κ3) is 2.36. The van der Waals surface area contributed by atoms with Gasteiger partial charge in [0.25, 0.3) is 5.91 Å². The van der Waals surface area contributed by atoms with E-state index in [1.807, 2.05) is 6.07 Å². The summed E-state index contributed by atoms with van der Waals surface area (Å²) in [6.07, 6.45) is 2.03. The van der Waals surface area contributed by atoms with Gasteiger partial charge in [-0.15, -0.1) is 5.10 Å². The highest BCUT2D eigenvalue weighted by Crippen LogP contribution is 2.32. The molecule has 2 aromatic rings. The van der Waals surface area contributed by atoms with Gasteiger partial charge < -0.3 is 20.1 Å². The lowest BCUT2D eigenvalue weighted by Gasteiger charge is -2.18. The molecule has 0 saturated carbocycles. The van der Waals surface area contributed by atoms with Crippen LogP contribution in [0.3, 0.4) is 0 Å². The molecule has 2 N–H and O–H groups in total. The largest absolute Gasteiger partial charge is 0.486 e. The predicted molar refractivity (Wildman–Crippen MR) is 81.9 cm³/mol. The van der Waals surface area contributed by atoms with E-state index in [1.165, 1.54) is 4.68 Å². The maximum absolute atomic E-state index is 12.4. The summed E-state index contributed by atoms with van der Waals surface area (Å²) in [4.78, 5) is 14.2. The fourth-order valence-corrected chi connectivity index (χ4v) is 2.87. The van der Waals surface area contributed by atoms with Crippen molar-refractivity contribution in [3.8, 4) is 17.2 Å². The molecular weight excluding hydrogens is 298 g/mol. The smallest absolute Gasteiger partial charge is 0.278 e. The standard InChI is InChI=1S/C15H17N5O3/c16-14-13(15(21)19-5-1-2-6-19)17-18-20(14)10-3-4-11-12(9-10)23-8-7-22-11/h3-4,9H,1-2,5-8,16H2. The number of anilines is 1. The van der Waals surface area contributed by atoms with Crippen LogP contribution in [0.2, 0.25) is 0 Å². The second kappa shape index (κ2) is 5.45. The van der Waals surface area contributed by atoms with Crippen molar-refractivity contribution in [2.24, 2.45) is 0 Å². The SMILES string of the molecule is Nc1c(C(=O)N2CCCC2)nnn1-c1ccc2c(c1)OCCO2. The van der Waals surface area contributed by atoms with Gasteiger partial charge in [0.05, 0.1) is 5.69 Å². The molecule has 1 amide bonds. The van der Waals surface area contributed by atoms with Gasteiger partial charge in [-0.05, 0) is 25.0 Å². The lowest BCUT2D eigenvalue weighted by Crippen LogP contribution is -2.28. The Morgan fingerprint density at radius 3 is 2.65 bits per heavy atom. The predicted octanol–water partition coefficient (Wildman–Crippen LogP) is 0.857. The normalized spacial score (nSPS) is 16.6. The number of nitrogens with two attached hydrogens (primary N) is 1. The Hall–Kier alpha value is -2.77. The van der Waals surface area contributed by atoms with E-state index in [0.717, 1.165) is 25.9 Å². The number of amides is 1. The minimum Gasteiger partial charge on any atom is -0.486 e. The zero-order valence-electron chi connectivity index (χ0n) is 12.6. The number of aromatic nitrogens is 3. The summed E-state index contributed by atoms with van der Waals surface area (Å²) in [5.74, 6) is 1.39. The van der Waals surface area contributed by atoms with E-state index in [-0.39, 0.29) is 17.4 Å². The van der Waals surface area contributed by atoms with Gasteiger partial charge in [-0.25, -0.2) is 0 Å². The Labute approximate surface area is 132 Å². The number of benzene rings is 1. The number of nitrogens with zero attached hydrogens (tertiary/aromatic N) is 4. The monoisotopic (exact) mass is 315 g/mol. The number of ether oxygens (including phenoxy) is 2. The summed E-state index contributed by atoms with van der Waals surface area (Å²) >= 11 is 0. The highest BCUT2D eigenvalue weighted by Gasteiger charge is 2.26. The van der Waals surface area contributed by atoms with E-state index >= 15 is 0 Å². The van der Waals surface area contributed by atoms with Crippen LogP contribution < -0.4 is 15.2 Å². The maximum Gasteiger partial charge on any atom is 0.278 e. The molecule has 2 aliphatic rings. The molecule has 0 bridgehead atoms. The first kappa shape index (κ1) is 13.9. The number of rotatable bonds is 2. The van der Waals surface area contributed by atoms with Crippen LogP contribution in [0.4, 0.5) is 5.82 Å². The second-order valence-electron chi connectivity index (χ2n) is 5.56. The first-order chi connectivity index (χ1) is 11.2. The van der Waals surface area contributed by atoms with Crippen LogP contribution in [-0.4, -0.2) is 52.1 Å². The van der Waals surface area contributed by atoms with Crippen LogP contribution in [0.1, 0.15) is 23.3 Å². The van der Waals surface area contributed by atoms with E-state index < -0.39 is 0 Å². The van der Waals surface area contributed by atoms with Crippen molar-refractivity contribution in [1.29, 1.82) is 0 Å². The molecule has 120 valence electrons. The Bertz CT molecular complexity index is 752. The molecule has 1 fully saturated rings. The molecule has 4 rings (SSSR count). The lowest BCUT2D eigenvalue weighted by atomic mass is 10.2. The van der Waals surface area contributed by atoms with Crippen molar-refractivity contribution in [3.05, 3.63) is 23.9 Å². The molecule has 0 atom stereocenters. The minimum atomic E-state index is -0.163. The molecule has 8 heteroatoms. The fraction of sp³-hybridized carbons (Fsp3) is 0.400. The quantitative estimate of drug-likeness (QED) is 0.883. The number of likely N-dealkylation sites (tertiary alicyclic amines) is 1. The van der Waals surface area contributed by atoms with Crippen LogP contribution in [-0.2, 0) is 0 Å². The molecule has 1 saturated heterocycles. The van der Waals surface area contributed by atoms with Crippen molar-refractivity contribution in [1.82, 2.24) is 19.9 Å². The van der Waals surface area contributed by atoms with Crippen LogP contribution in [0, 0.1) is 0 Å². The van der Waals surface area contributed by atoms with Crippen molar-refractivity contribution in [2.75, 3.05) is 32.0 Å². The molecular formula is C15H17N5O3. The molecule has 8 nitrogen and oxygen atoms in total. The van der Waals surface area contributed by atoms with Gasteiger partial charge in [0.15, 0.2) is 23.0 Å². The molecule has 0 spiro atoms. The Morgan fingerprint density at radius 1 is 1.13 bits per heavy atom. The number of hydrogen-bond donors (Lipinski definition) is 1. The van der Waals surface area contributed by atoms with Crippen LogP contribution >= 0.6 is 0 Å². The Morgan fingerprint density at radius 2 is 1.87 bits per heavy atom. The first-order valence-electron chi connectivity index (χ1n) is 7.64. The summed E-state index contributed by atoms with van der Waals surface area (Å²) in [5.41, 5.74) is 6.97. The number of nitrogen functional groups attached to an aromatic ring is 1. The van der Waals surface area contributed by atoms with Crippen LogP contribution in [0.25, 0.3) is 5.69 Å². The van der Waals surface area contributed by atoms with Crippen LogP contribution in [0.15, 0.2) is 18.2 Å². The van der Waals surface area contributed by atoms with Gasteiger partial charge in [-0.2, -0.15) is 4.68 Å². The van der Waals surface area contributed by atoms with Gasteiger partial charge in [0, 0.05) is 19.2 Å². The van der Waals surface area contributed by atoms with E-state index in [1.54, 1.807) is 17.0 Å². The topological polar surface area (TPSA) is 95.5 Å². The third-order valence-corrected chi connectivity index (χ3v) is 4.07. The summed E-state index contributed by atoms with van der Waals surface area (Å²) in [6.45, 7) is 2.53. The molecule has 1 aromatic heterocycles. The van der Waals surface area contributed by atoms with E-state index in [2.05, 4.69) is 10.3 Å². The number of fused-ring (bicyclic) bond motifs is 1. The molecule has 3 heterocycles. The van der Waals surface area contributed by atoms with E-state index in [9.17, 15) is 4.79 Å². The number of carbonyl (C=O) groups is 1. The van der Waals surface area contributed by atoms with Crippen molar-refractivity contribution in [3.63, 3.8) is 0 Å². The molecule has 0 unspecified atom stereocenters. The van der Waals surface area contributed by atoms with E-state index in [4.69, 9.17) is 15.2 Å². The third-order valence-electron chi connectivity index (χ3n) is 4.07. The van der Waals surface area contributed by atoms with Crippen LogP contribution in [0.5, 0.6) is 11.5 Å².